The molecule has 0 saturated heterocycles. The number of ether oxygens (including phenoxy) is 2. The van der Waals surface area contributed by atoms with E-state index in [1.54, 1.807) is 21.1 Å². The average molecular weight is 319 g/mol. The number of carbonyl (C=O) groups excluding carboxylic acids is 1. The minimum Gasteiger partial charge on any atom is -0.497 e. The maximum absolute atomic E-state index is 12.6. The number of carbonyl (C=O) groups is 1. The molecule has 1 amide bonds. The fraction of sp³-hybridized carbons (Fsp3) is 0.400. The van der Waals surface area contributed by atoms with Crippen molar-refractivity contribution in [2.24, 2.45) is 0 Å². The molecule has 1 aromatic carbocycles. The molecule has 2 aromatic rings. The van der Waals surface area contributed by atoms with Crippen LogP contribution < -0.4 is 9.47 Å². The average Bonchev–Trinajstić information content (AvgIpc) is 2.98. The minimum absolute atomic E-state index is 0.0176. The Morgan fingerprint density at radius 1 is 1.32 bits per heavy atom. The number of aromatic nitrogens is 2. The quantitative estimate of drug-likeness (QED) is 0.866. The lowest BCUT2D eigenvalue weighted by atomic mass is 9.98. The van der Waals surface area contributed by atoms with E-state index in [1.807, 2.05) is 17.0 Å². The summed E-state index contributed by atoms with van der Waals surface area (Å²) in [5.74, 6) is 1.51. The molecule has 22 heavy (non-hydrogen) atoms. The summed E-state index contributed by atoms with van der Waals surface area (Å²) in [6.45, 7) is 3.00. The Bertz CT molecular complexity index is 697. The van der Waals surface area contributed by atoms with Crippen LogP contribution in [0.25, 0.3) is 0 Å². The molecule has 2 heterocycles. The number of benzene rings is 1. The number of amides is 1. The Balaban J connectivity index is 1.90. The van der Waals surface area contributed by atoms with Gasteiger partial charge in [0, 0.05) is 24.7 Å². The van der Waals surface area contributed by atoms with Gasteiger partial charge >= 0.3 is 0 Å². The van der Waals surface area contributed by atoms with Crippen LogP contribution in [0, 0.1) is 6.92 Å². The molecule has 0 unspecified atom stereocenters. The van der Waals surface area contributed by atoms with E-state index >= 15 is 0 Å². The number of fused-ring (bicyclic) bond motifs is 1. The topological polar surface area (TPSA) is 64.6 Å². The largest absolute Gasteiger partial charge is 0.497 e. The second kappa shape index (κ2) is 5.92. The van der Waals surface area contributed by atoms with Crippen molar-refractivity contribution in [3.63, 3.8) is 0 Å². The van der Waals surface area contributed by atoms with Crippen LogP contribution in [0.2, 0.25) is 0 Å². The lowest BCUT2D eigenvalue weighted by Gasteiger charge is -2.30. The van der Waals surface area contributed by atoms with E-state index in [1.165, 1.54) is 5.56 Å². The van der Waals surface area contributed by atoms with E-state index in [2.05, 4.69) is 9.59 Å². The molecule has 1 aliphatic rings. The zero-order chi connectivity index (χ0) is 15.7. The normalized spacial score (nSPS) is 13.7. The number of hydrogen-bond donors (Lipinski definition) is 0. The second-order valence-electron chi connectivity index (χ2n) is 5.13. The first-order valence-corrected chi connectivity index (χ1v) is 7.73. The SMILES string of the molecule is COc1cc2c(c(OC)c1)CN(C(=O)c1snnc1C)CC2. The lowest BCUT2D eigenvalue weighted by Crippen LogP contribution is -2.36. The number of nitrogens with zero attached hydrogens (tertiary/aromatic N) is 3. The summed E-state index contributed by atoms with van der Waals surface area (Å²) >= 11 is 1.15. The molecule has 0 bridgehead atoms. The molecule has 6 nitrogen and oxygen atoms in total. The van der Waals surface area contributed by atoms with Crippen molar-refractivity contribution in [1.82, 2.24) is 14.5 Å². The summed E-state index contributed by atoms with van der Waals surface area (Å²) < 4.78 is 14.6. The van der Waals surface area contributed by atoms with E-state index in [9.17, 15) is 4.79 Å². The number of rotatable bonds is 3. The van der Waals surface area contributed by atoms with Gasteiger partial charge in [-0.05, 0) is 36.5 Å². The van der Waals surface area contributed by atoms with Gasteiger partial charge in [0.25, 0.3) is 5.91 Å². The van der Waals surface area contributed by atoms with Gasteiger partial charge in [-0.2, -0.15) is 0 Å². The summed E-state index contributed by atoms with van der Waals surface area (Å²) in [5, 5.41) is 3.91. The highest BCUT2D eigenvalue weighted by Crippen LogP contribution is 2.33. The zero-order valence-electron chi connectivity index (χ0n) is 12.8. The first-order valence-electron chi connectivity index (χ1n) is 6.96. The third-order valence-corrected chi connectivity index (χ3v) is 4.68. The van der Waals surface area contributed by atoms with Crippen molar-refractivity contribution >= 4 is 17.4 Å². The van der Waals surface area contributed by atoms with Crippen LogP contribution in [0.1, 0.15) is 26.5 Å². The Hall–Kier alpha value is -2.15. The molecule has 7 heteroatoms. The molecule has 0 atom stereocenters. The second-order valence-corrected chi connectivity index (χ2v) is 5.89. The van der Waals surface area contributed by atoms with Crippen LogP contribution in [0.15, 0.2) is 12.1 Å². The van der Waals surface area contributed by atoms with Crippen LogP contribution in [-0.2, 0) is 13.0 Å². The molecule has 0 aliphatic carbocycles. The Morgan fingerprint density at radius 3 is 2.77 bits per heavy atom. The van der Waals surface area contributed by atoms with Crippen LogP contribution in [0.5, 0.6) is 11.5 Å². The van der Waals surface area contributed by atoms with E-state index in [-0.39, 0.29) is 5.91 Å². The summed E-state index contributed by atoms with van der Waals surface area (Å²) in [6.07, 6.45) is 0.778. The summed E-state index contributed by atoms with van der Waals surface area (Å²) in [7, 11) is 3.27. The zero-order valence-corrected chi connectivity index (χ0v) is 13.6. The van der Waals surface area contributed by atoms with Gasteiger partial charge in [0.2, 0.25) is 0 Å². The van der Waals surface area contributed by atoms with E-state index < -0.39 is 0 Å². The van der Waals surface area contributed by atoms with E-state index in [4.69, 9.17) is 9.47 Å². The first kappa shape index (κ1) is 14.8. The Labute approximate surface area is 132 Å². The van der Waals surface area contributed by atoms with Gasteiger partial charge in [0.15, 0.2) is 0 Å². The fourth-order valence-electron chi connectivity index (χ4n) is 2.65. The van der Waals surface area contributed by atoms with Crippen LogP contribution in [-0.4, -0.2) is 41.2 Å². The molecule has 1 aliphatic heterocycles. The number of methoxy groups -OCH3 is 2. The summed E-state index contributed by atoms with van der Waals surface area (Å²) in [6, 6.07) is 3.87. The van der Waals surface area contributed by atoms with Crippen molar-refractivity contribution in [2.75, 3.05) is 20.8 Å². The van der Waals surface area contributed by atoms with Gasteiger partial charge in [-0.3, -0.25) is 4.79 Å². The highest BCUT2D eigenvalue weighted by atomic mass is 32.1. The van der Waals surface area contributed by atoms with Crippen molar-refractivity contribution in [1.29, 1.82) is 0 Å². The molecule has 0 N–H and O–H groups in total. The third-order valence-electron chi connectivity index (χ3n) is 3.86. The predicted molar refractivity (Wildman–Crippen MR) is 82.6 cm³/mol. The first-order chi connectivity index (χ1) is 10.6. The van der Waals surface area contributed by atoms with Gasteiger partial charge in [-0.15, -0.1) is 5.10 Å². The standard InChI is InChI=1S/C15H17N3O3S/c1-9-14(22-17-16-9)15(19)18-5-4-10-6-11(20-2)7-13(21-3)12(10)8-18/h6-7H,4-5,8H2,1-3H3. The maximum Gasteiger partial charge on any atom is 0.267 e. The minimum atomic E-state index is -0.0176. The van der Waals surface area contributed by atoms with Crippen LogP contribution in [0.3, 0.4) is 0 Å². The molecule has 0 saturated carbocycles. The van der Waals surface area contributed by atoms with Gasteiger partial charge in [-0.1, -0.05) is 4.49 Å². The highest BCUT2D eigenvalue weighted by molar-refractivity contribution is 7.07. The Kier molecular flexibility index (Phi) is 3.98. The van der Waals surface area contributed by atoms with Crippen molar-refractivity contribution in [3.05, 3.63) is 33.8 Å². The molecular formula is C15H17N3O3S. The van der Waals surface area contributed by atoms with Gasteiger partial charge in [0.05, 0.1) is 19.9 Å². The molecule has 0 spiro atoms. The Morgan fingerprint density at radius 2 is 2.14 bits per heavy atom. The molecule has 3 rings (SSSR count). The summed E-state index contributed by atoms with van der Waals surface area (Å²) in [5.41, 5.74) is 2.89. The molecule has 1 aromatic heterocycles. The number of hydrogen-bond acceptors (Lipinski definition) is 6. The van der Waals surface area contributed by atoms with Crippen LogP contribution in [0.4, 0.5) is 0 Å². The van der Waals surface area contributed by atoms with Crippen molar-refractivity contribution < 1.29 is 14.3 Å². The van der Waals surface area contributed by atoms with Crippen molar-refractivity contribution in [3.8, 4) is 11.5 Å². The van der Waals surface area contributed by atoms with E-state index in [0.717, 1.165) is 35.0 Å². The smallest absolute Gasteiger partial charge is 0.267 e. The van der Waals surface area contributed by atoms with E-state index in [0.29, 0.717) is 23.7 Å². The van der Waals surface area contributed by atoms with Crippen LogP contribution >= 0.6 is 11.5 Å². The number of aryl methyl sites for hydroxylation is 1. The molecule has 0 fully saturated rings. The fourth-order valence-corrected chi connectivity index (χ4v) is 3.27. The monoisotopic (exact) mass is 319 g/mol. The van der Waals surface area contributed by atoms with Gasteiger partial charge < -0.3 is 14.4 Å². The molecular weight excluding hydrogens is 302 g/mol. The maximum atomic E-state index is 12.6. The van der Waals surface area contributed by atoms with Crippen molar-refractivity contribution in [2.45, 2.75) is 19.9 Å². The van der Waals surface area contributed by atoms with Gasteiger partial charge in [-0.25, -0.2) is 0 Å². The highest BCUT2D eigenvalue weighted by Gasteiger charge is 2.27. The molecule has 0 radical (unpaired) electrons. The summed E-state index contributed by atoms with van der Waals surface area (Å²) in [4.78, 5) is 15.0. The lowest BCUT2D eigenvalue weighted by molar-refractivity contribution is 0.0737. The third kappa shape index (κ3) is 2.52. The van der Waals surface area contributed by atoms with Gasteiger partial charge in [0.1, 0.15) is 16.4 Å². The predicted octanol–water partition coefficient (Wildman–Crippen LogP) is 2.06. The molecule has 116 valence electrons.